The molecule has 0 saturated carbocycles. The van der Waals surface area contributed by atoms with Crippen LogP contribution in [0.25, 0.3) is 0 Å². The smallest absolute Gasteiger partial charge is 0.333 e. The van der Waals surface area contributed by atoms with Crippen LogP contribution in [0, 0.1) is 0 Å². The van der Waals surface area contributed by atoms with Gasteiger partial charge in [0, 0.05) is 11.1 Å². The largest absolute Gasteiger partial charge is 0.462 e. The summed E-state index contributed by atoms with van der Waals surface area (Å²) in [5.74, 6) is -0.588. The molecular weight excluding hydrogens is 304 g/mol. The van der Waals surface area contributed by atoms with Gasteiger partial charge in [-0.3, -0.25) is 0 Å². The number of hydrogen-bond acceptors (Lipinski definition) is 4. The molecule has 0 aliphatic rings. The highest BCUT2D eigenvalue weighted by molar-refractivity contribution is 5.87. The molecule has 0 aliphatic heterocycles. The summed E-state index contributed by atoms with van der Waals surface area (Å²) >= 11 is 0. The van der Waals surface area contributed by atoms with Crippen LogP contribution in [-0.2, 0) is 19.1 Å². The first-order valence-electron chi connectivity index (χ1n) is 9.03. The lowest BCUT2D eigenvalue weighted by Gasteiger charge is -2.12. The molecule has 0 saturated heterocycles. The molecule has 0 aromatic rings. The fraction of sp³-hybridized carbons (Fsp3) is 0.700. The summed E-state index contributed by atoms with van der Waals surface area (Å²) in [7, 11) is 0. The van der Waals surface area contributed by atoms with E-state index < -0.39 is 0 Å². The third-order valence-electron chi connectivity index (χ3n) is 3.74. The molecule has 1 unspecified atom stereocenters. The van der Waals surface area contributed by atoms with Crippen LogP contribution in [0.3, 0.4) is 0 Å². The topological polar surface area (TPSA) is 52.6 Å². The van der Waals surface area contributed by atoms with Gasteiger partial charge in [-0.25, -0.2) is 9.59 Å². The lowest BCUT2D eigenvalue weighted by atomic mass is 10.1. The van der Waals surface area contributed by atoms with Gasteiger partial charge in [0.2, 0.25) is 0 Å². The van der Waals surface area contributed by atoms with Gasteiger partial charge < -0.3 is 9.47 Å². The number of carbonyl (C=O) groups excluding carboxylic acids is 2. The number of unbranched alkanes of at least 4 members (excludes halogenated alkanes) is 7. The molecule has 0 bridgehead atoms. The Hall–Kier alpha value is -1.58. The van der Waals surface area contributed by atoms with Gasteiger partial charge in [0.05, 0.1) is 12.7 Å². The first-order chi connectivity index (χ1) is 11.3. The molecule has 0 aliphatic carbocycles. The van der Waals surface area contributed by atoms with Crippen molar-refractivity contribution in [2.75, 3.05) is 6.61 Å². The van der Waals surface area contributed by atoms with Gasteiger partial charge in [-0.05, 0) is 40.0 Å². The SMILES string of the molecule is C=C(C)C(=O)OCCCCCCCCCCC(C)OC(=O)C(=C)C. The Kier molecular flexibility index (Phi) is 12.9. The Morgan fingerprint density at radius 2 is 1.25 bits per heavy atom. The van der Waals surface area contributed by atoms with E-state index in [-0.39, 0.29) is 18.0 Å². The Balaban J connectivity index is 3.34. The molecular formula is C20H34O4. The van der Waals surface area contributed by atoms with Crippen molar-refractivity contribution in [1.82, 2.24) is 0 Å². The van der Waals surface area contributed by atoms with Crippen LogP contribution < -0.4 is 0 Å². The average Bonchev–Trinajstić information content (AvgIpc) is 2.51. The normalized spacial score (nSPS) is 11.6. The second-order valence-corrected chi connectivity index (χ2v) is 6.53. The summed E-state index contributed by atoms with van der Waals surface area (Å²) in [6.45, 7) is 12.9. The standard InChI is InChI=1S/C20H34O4/c1-16(2)19(21)23-15-13-11-9-7-6-8-10-12-14-18(5)24-20(22)17(3)4/h18H,1,3,6-15H2,2,4-5H3. The summed E-state index contributed by atoms with van der Waals surface area (Å²) in [6, 6.07) is 0. The van der Waals surface area contributed by atoms with Crippen molar-refractivity contribution in [2.24, 2.45) is 0 Å². The Bertz CT molecular complexity index is 412. The fourth-order valence-electron chi connectivity index (χ4n) is 2.22. The van der Waals surface area contributed by atoms with E-state index in [2.05, 4.69) is 13.2 Å². The van der Waals surface area contributed by atoms with Crippen LogP contribution in [0.1, 0.15) is 78.6 Å². The van der Waals surface area contributed by atoms with E-state index in [1.165, 1.54) is 32.1 Å². The minimum absolute atomic E-state index is 0.0314. The molecule has 138 valence electrons. The predicted octanol–water partition coefficient (Wildman–Crippen LogP) is 5.12. The fourth-order valence-corrected chi connectivity index (χ4v) is 2.22. The van der Waals surface area contributed by atoms with Crippen LogP contribution in [0.2, 0.25) is 0 Å². The quantitative estimate of drug-likeness (QED) is 0.250. The van der Waals surface area contributed by atoms with E-state index >= 15 is 0 Å². The maximum absolute atomic E-state index is 11.4. The number of hydrogen-bond donors (Lipinski definition) is 0. The van der Waals surface area contributed by atoms with Crippen LogP contribution in [0.4, 0.5) is 0 Å². The van der Waals surface area contributed by atoms with E-state index in [4.69, 9.17) is 9.47 Å². The molecule has 4 heteroatoms. The Morgan fingerprint density at radius 3 is 1.75 bits per heavy atom. The number of carbonyl (C=O) groups is 2. The predicted molar refractivity (Wildman–Crippen MR) is 97.7 cm³/mol. The zero-order chi connectivity index (χ0) is 18.4. The minimum atomic E-state index is -0.295. The summed E-state index contributed by atoms with van der Waals surface area (Å²) in [4.78, 5) is 22.5. The van der Waals surface area contributed by atoms with E-state index in [1.54, 1.807) is 13.8 Å². The molecule has 0 aromatic carbocycles. The first kappa shape index (κ1) is 22.4. The van der Waals surface area contributed by atoms with Crippen molar-refractivity contribution in [3.8, 4) is 0 Å². The van der Waals surface area contributed by atoms with Gasteiger partial charge in [-0.1, -0.05) is 51.7 Å². The third kappa shape index (κ3) is 12.9. The maximum Gasteiger partial charge on any atom is 0.333 e. The van der Waals surface area contributed by atoms with E-state index in [0.717, 1.165) is 25.7 Å². The third-order valence-corrected chi connectivity index (χ3v) is 3.74. The summed E-state index contributed by atoms with van der Waals surface area (Å²) in [5, 5.41) is 0. The Morgan fingerprint density at radius 1 is 0.792 bits per heavy atom. The van der Waals surface area contributed by atoms with Crippen LogP contribution in [0.5, 0.6) is 0 Å². The second kappa shape index (κ2) is 13.8. The van der Waals surface area contributed by atoms with Crippen molar-refractivity contribution < 1.29 is 19.1 Å². The van der Waals surface area contributed by atoms with Gasteiger partial charge in [-0.2, -0.15) is 0 Å². The number of esters is 2. The molecule has 0 radical (unpaired) electrons. The summed E-state index contributed by atoms with van der Waals surface area (Å²) in [5.41, 5.74) is 0.912. The lowest BCUT2D eigenvalue weighted by molar-refractivity contribution is -0.143. The van der Waals surface area contributed by atoms with Gasteiger partial charge in [-0.15, -0.1) is 0 Å². The monoisotopic (exact) mass is 338 g/mol. The minimum Gasteiger partial charge on any atom is -0.462 e. The van der Waals surface area contributed by atoms with Crippen LogP contribution in [-0.4, -0.2) is 24.6 Å². The molecule has 0 rings (SSSR count). The second-order valence-electron chi connectivity index (χ2n) is 6.53. The van der Waals surface area contributed by atoms with Crippen LogP contribution >= 0.6 is 0 Å². The zero-order valence-corrected chi connectivity index (χ0v) is 15.7. The summed E-state index contributed by atoms with van der Waals surface area (Å²) < 4.78 is 10.3. The molecule has 4 nitrogen and oxygen atoms in total. The molecule has 1 atom stereocenters. The maximum atomic E-state index is 11.4. The summed E-state index contributed by atoms with van der Waals surface area (Å²) in [6.07, 6.45) is 9.99. The molecule has 0 heterocycles. The van der Waals surface area contributed by atoms with Crippen molar-refractivity contribution >= 4 is 11.9 Å². The van der Waals surface area contributed by atoms with Crippen molar-refractivity contribution in [2.45, 2.75) is 84.7 Å². The average molecular weight is 338 g/mol. The first-order valence-corrected chi connectivity index (χ1v) is 9.03. The molecule has 0 amide bonds. The molecule has 0 N–H and O–H groups in total. The highest BCUT2D eigenvalue weighted by Crippen LogP contribution is 2.12. The highest BCUT2D eigenvalue weighted by Gasteiger charge is 2.09. The van der Waals surface area contributed by atoms with Gasteiger partial charge >= 0.3 is 11.9 Å². The lowest BCUT2D eigenvalue weighted by Crippen LogP contribution is -2.15. The van der Waals surface area contributed by atoms with Gasteiger partial charge in [0.15, 0.2) is 0 Å². The van der Waals surface area contributed by atoms with Crippen molar-refractivity contribution in [1.29, 1.82) is 0 Å². The zero-order valence-electron chi connectivity index (χ0n) is 15.7. The van der Waals surface area contributed by atoms with E-state index in [9.17, 15) is 9.59 Å². The number of ether oxygens (including phenoxy) is 2. The van der Waals surface area contributed by atoms with E-state index in [1.807, 2.05) is 6.92 Å². The molecule has 0 spiro atoms. The van der Waals surface area contributed by atoms with Crippen LogP contribution in [0.15, 0.2) is 24.3 Å². The highest BCUT2D eigenvalue weighted by atomic mass is 16.5. The molecule has 0 fully saturated rings. The van der Waals surface area contributed by atoms with E-state index in [0.29, 0.717) is 17.8 Å². The molecule has 0 aromatic heterocycles. The number of rotatable bonds is 14. The van der Waals surface area contributed by atoms with Gasteiger partial charge in [0.1, 0.15) is 0 Å². The Labute approximate surface area is 147 Å². The molecule has 24 heavy (non-hydrogen) atoms. The van der Waals surface area contributed by atoms with Crippen molar-refractivity contribution in [3.63, 3.8) is 0 Å². The van der Waals surface area contributed by atoms with Gasteiger partial charge in [0.25, 0.3) is 0 Å². The van der Waals surface area contributed by atoms with Crippen molar-refractivity contribution in [3.05, 3.63) is 24.3 Å².